The molecule has 1 N–H and O–H groups in total. The molecule has 1 aliphatic heterocycles. The standard InChI is InChI=1S/C25H33N3O2/c1-25(2,3)22-8-10-24(11-9-22)30-19-23(29)18-28-14-12-27(13-15-28)17-21-6-4-20(16-26)5-7-21/h4-11,23,29H,12-15,17-19H2,1-3H3. The second kappa shape index (κ2) is 10.1. The lowest BCUT2D eigenvalue weighted by Crippen LogP contribution is -2.48. The molecule has 1 atom stereocenters. The summed E-state index contributed by atoms with van der Waals surface area (Å²) in [6.07, 6.45) is -0.502. The summed E-state index contributed by atoms with van der Waals surface area (Å²) >= 11 is 0. The number of aliphatic hydroxyl groups excluding tert-OH is 1. The first kappa shape index (κ1) is 22.3. The van der Waals surface area contributed by atoms with Crippen molar-refractivity contribution in [1.82, 2.24) is 9.80 Å². The summed E-state index contributed by atoms with van der Waals surface area (Å²) in [6, 6.07) is 18.1. The summed E-state index contributed by atoms with van der Waals surface area (Å²) in [5, 5.41) is 19.3. The molecule has 1 saturated heterocycles. The number of benzene rings is 2. The number of nitriles is 1. The molecule has 1 aliphatic rings. The monoisotopic (exact) mass is 407 g/mol. The highest BCUT2D eigenvalue weighted by Gasteiger charge is 2.20. The number of β-amino-alcohol motifs (C(OH)–C–C–N with tert-alkyl or cyclic N) is 1. The van der Waals surface area contributed by atoms with E-state index in [0.717, 1.165) is 38.5 Å². The number of aliphatic hydroxyl groups is 1. The summed E-state index contributed by atoms with van der Waals surface area (Å²) in [5.74, 6) is 0.800. The van der Waals surface area contributed by atoms with E-state index in [1.807, 2.05) is 36.4 Å². The number of rotatable bonds is 7. The minimum Gasteiger partial charge on any atom is -0.491 e. The predicted molar refractivity (Wildman–Crippen MR) is 120 cm³/mol. The fourth-order valence-electron chi connectivity index (χ4n) is 3.67. The molecule has 0 aromatic heterocycles. The number of hydrogen-bond acceptors (Lipinski definition) is 5. The van der Waals surface area contributed by atoms with Crippen LogP contribution in [0.5, 0.6) is 5.75 Å². The quantitative estimate of drug-likeness (QED) is 0.762. The molecule has 1 heterocycles. The van der Waals surface area contributed by atoms with Gasteiger partial charge in [0.1, 0.15) is 18.5 Å². The maximum atomic E-state index is 10.4. The number of ether oxygens (including phenoxy) is 1. The zero-order valence-corrected chi connectivity index (χ0v) is 18.3. The highest BCUT2D eigenvalue weighted by molar-refractivity contribution is 5.32. The van der Waals surface area contributed by atoms with E-state index in [4.69, 9.17) is 10.00 Å². The third kappa shape index (κ3) is 6.56. The molecule has 3 rings (SSSR count). The maximum absolute atomic E-state index is 10.4. The second-order valence-corrected chi connectivity index (χ2v) is 9.12. The van der Waals surface area contributed by atoms with Gasteiger partial charge in [-0.15, -0.1) is 0 Å². The minimum absolute atomic E-state index is 0.125. The first-order chi connectivity index (χ1) is 14.3. The summed E-state index contributed by atoms with van der Waals surface area (Å²) in [5.41, 5.74) is 3.33. The number of nitrogens with zero attached hydrogens (tertiary/aromatic N) is 3. The Kier molecular flexibility index (Phi) is 7.49. The van der Waals surface area contributed by atoms with Crippen LogP contribution in [0.15, 0.2) is 48.5 Å². The SMILES string of the molecule is CC(C)(C)c1ccc(OCC(O)CN2CCN(Cc3ccc(C#N)cc3)CC2)cc1. The zero-order valence-electron chi connectivity index (χ0n) is 18.3. The van der Waals surface area contributed by atoms with Crippen LogP contribution in [0.4, 0.5) is 0 Å². The van der Waals surface area contributed by atoms with Crippen LogP contribution >= 0.6 is 0 Å². The smallest absolute Gasteiger partial charge is 0.119 e. The van der Waals surface area contributed by atoms with Gasteiger partial charge in [-0.1, -0.05) is 45.0 Å². The van der Waals surface area contributed by atoms with E-state index in [2.05, 4.69) is 48.8 Å². The maximum Gasteiger partial charge on any atom is 0.119 e. The van der Waals surface area contributed by atoms with E-state index in [9.17, 15) is 5.11 Å². The summed E-state index contributed by atoms with van der Waals surface area (Å²) in [6.45, 7) is 12.2. The highest BCUT2D eigenvalue weighted by Crippen LogP contribution is 2.24. The third-order valence-electron chi connectivity index (χ3n) is 5.59. The van der Waals surface area contributed by atoms with Crippen molar-refractivity contribution in [3.63, 3.8) is 0 Å². The van der Waals surface area contributed by atoms with Crippen LogP contribution in [-0.2, 0) is 12.0 Å². The zero-order chi connectivity index (χ0) is 21.6. The molecular weight excluding hydrogens is 374 g/mol. The van der Waals surface area contributed by atoms with Crippen molar-refractivity contribution in [2.24, 2.45) is 0 Å². The molecule has 1 fully saturated rings. The number of piperazine rings is 1. The Morgan fingerprint density at radius 1 is 0.967 bits per heavy atom. The Morgan fingerprint density at radius 2 is 1.57 bits per heavy atom. The Bertz CT molecular complexity index is 827. The molecule has 2 aromatic rings. The molecule has 5 nitrogen and oxygen atoms in total. The molecule has 0 bridgehead atoms. The van der Waals surface area contributed by atoms with Crippen molar-refractivity contribution in [2.45, 2.75) is 38.8 Å². The molecule has 30 heavy (non-hydrogen) atoms. The Balaban J connectivity index is 1.37. The molecular formula is C25H33N3O2. The summed E-state index contributed by atoms with van der Waals surface area (Å²) in [4.78, 5) is 4.71. The fourth-order valence-corrected chi connectivity index (χ4v) is 3.67. The van der Waals surface area contributed by atoms with Crippen LogP contribution in [0.1, 0.15) is 37.5 Å². The van der Waals surface area contributed by atoms with Crippen LogP contribution < -0.4 is 4.74 Å². The lowest BCUT2D eigenvalue weighted by Gasteiger charge is -2.35. The molecule has 0 spiro atoms. The molecule has 160 valence electrons. The Morgan fingerprint density at radius 3 is 2.13 bits per heavy atom. The van der Waals surface area contributed by atoms with E-state index in [0.29, 0.717) is 18.7 Å². The Labute approximate surface area is 180 Å². The van der Waals surface area contributed by atoms with Crippen LogP contribution in [0.3, 0.4) is 0 Å². The van der Waals surface area contributed by atoms with E-state index in [1.54, 1.807) is 0 Å². The van der Waals surface area contributed by atoms with Crippen LogP contribution in [0.2, 0.25) is 0 Å². The minimum atomic E-state index is -0.502. The Hall–Kier alpha value is -2.39. The normalized spacial score (nSPS) is 16.8. The average molecular weight is 408 g/mol. The van der Waals surface area contributed by atoms with Gasteiger partial charge in [0.25, 0.3) is 0 Å². The average Bonchev–Trinajstić information content (AvgIpc) is 2.74. The lowest BCUT2D eigenvalue weighted by atomic mass is 9.87. The van der Waals surface area contributed by atoms with Gasteiger partial charge in [-0.05, 0) is 40.8 Å². The van der Waals surface area contributed by atoms with Gasteiger partial charge in [-0.25, -0.2) is 0 Å². The van der Waals surface area contributed by atoms with Gasteiger partial charge >= 0.3 is 0 Å². The molecule has 5 heteroatoms. The van der Waals surface area contributed by atoms with Crippen molar-refractivity contribution < 1.29 is 9.84 Å². The van der Waals surface area contributed by atoms with Gasteiger partial charge in [0, 0.05) is 39.3 Å². The second-order valence-electron chi connectivity index (χ2n) is 9.12. The largest absolute Gasteiger partial charge is 0.491 e. The topological polar surface area (TPSA) is 59.7 Å². The summed E-state index contributed by atoms with van der Waals surface area (Å²) < 4.78 is 5.79. The van der Waals surface area contributed by atoms with E-state index < -0.39 is 6.10 Å². The molecule has 0 radical (unpaired) electrons. The van der Waals surface area contributed by atoms with Crippen molar-refractivity contribution in [3.05, 3.63) is 65.2 Å². The van der Waals surface area contributed by atoms with Crippen molar-refractivity contribution in [2.75, 3.05) is 39.3 Å². The van der Waals surface area contributed by atoms with Crippen molar-refractivity contribution in [1.29, 1.82) is 5.26 Å². The van der Waals surface area contributed by atoms with Gasteiger partial charge in [0.15, 0.2) is 0 Å². The van der Waals surface area contributed by atoms with Gasteiger partial charge in [0.05, 0.1) is 11.6 Å². The van der Waals surface area contributed by atoms with Gasteiger partial charge in [0.2, 0.25) is 0 Å². The van der Waals surface area contributed by atoms with Crippen LogP contribution in [0, 0.1) is 11.3 Å². The van der Waals surface area contributed by atoms with E-state index >= 15 is 0 Å². The van der Waals surface area contributed by atoms with Gasteiger partial charge in [-0.2, -0.15) is 5.26 Å². The fraction of sp³-hybridized carbons (Fsp3) is 0.480. The number of hydrogen-bond donors (Lipinski definition) is 1. The van der Waals surface area contributed by atoms with Gasteiger partial charge < -0.3 is 9.84 Å². The molecule has 1 unspecified atom stereocenters. The van der Waals surface area contributed by atoms with Crippen molar-refractivity contribution in [3.8, 4) is 11.8 Å². The summed E-state index contributed by atoms with van der Waals surface area (Å²) in [7, 11) is 0. The highest BCUT2D eigenvalue weighted by atomic mass is 16.5. The predicted octanol–water partition coefficient (Wildman–Crippen LogP) is 3.41. The van der Waals surface area contributed by atoms with Crippen LogP contribution in [0.25, 0.3) is 0 Å². The van der Waals surface area contributed by atoms with Gasteiger partial charge in [-0.3, -0.25) is 9.80 Å². The van der Waals surface area contributed by atoms with Crippen molar-refractivity contribution >= 4 is 0 Å². The third-order valence-corrected chi connectivity index (χ3v) is 5.59. The first-order valence-electron chi connectivity index (χ1n) is 10.7. The van der Waals surface area contributed by atoms with E-state index in [-0.39, 0.29) is 5.41 Å². The first-order valence-corrected chi connectivity index (χ1v) is 10.7. The van der Waals surface area contributed by atoms with E-state index in [1.165, 1.54) is 11.1 Å². The molecule has 0 amide bonds. The molecule has 0 aliphatic carbocycles. The molecule has 0 saturated carbocycles. The molecule has 2 aromatic carbocycles. The van der Waals surface area contributed by atoms with Crippen LogP contribution in [-0.4, -0.2) is 60.3 Å². The lowest BCUT2D eigenvalue weighted by molar-refractivity contribution is 0.0446.